The zero-order valence-corrected chi connectivity index (χ0v) is 17.9. The summed E-state index contributed by atoms with van der Waals surface area (Å²) in [6.45, 7) is 1.86. The van der Waals surface area contributed by atoms with Crippen LogP contribution in [0.25, 0.3) is 11.1 Å². The SMILES string of the molecule is NS(=O)(=O)c1c(CC(F)(F)F)ccc(-c2ccc(C3CCNCC3)cc2)c1C1=NCN=N1. The maximum atomic E-state index is 13.2. The van der Waals surface area contributed by atoms with Crippen molar-refractivity contribution < 1.29 is 21.6 Å². The highest BCUT2D eigenvalue weighted by Gasteiger charge is 2.34. The first kappa shape index (κ1) is 22.6. The van der Waals surface area contributed by atoms with Crippen LogP contribution in [-0.2, 0) is 16.4 Å². The molecule has 0 aromatic heterocycles. The normalized spacial score (nSPS) is 17.6. The van der Waals surface area contributed by atoms with Crippen LogP contribution in [0.2, 0.25) is 0 Å². The molecule has 0 amide bonds. The molecule has 0 saturated carbocycles. The van der Waals surface area contributed by atoms with E-state index in [2.05, 4.69) is 20.5 Å². The van der Waals surface area contributed by atoms with Gasteiger partial charge in [0.15, 0.2) is 12.5 Å². The van der Waals surface area contributed by atoms with Gasteiger partial charge in [-0.25, -0.2) is 18.5 Å². The van der Waals surface area contributed by atoms with Gasteiger partial charge in [0.25, 0.3) is 0 Å². The van der Waals surface area contributed by atoms with Gasteiger partial charge < -0.3 is 5.32 Å². The first-order chi connectivity index (χ1) is 15.1. The molecular formula is C21H22F3N5O2S. The average Bonchev–Trinajstić information content (AvgIpc) is 3.27. The molecule has 170 valence electrons. The Morgan fingerprint density at radius 1 is 1.06 bits per heavy atom. The smallest absolute Gasteiger partial charge is 0.317 e. The second-order valence-corrected chi connectivity index (χ2v) is 9.32. The van der Waals surface area contributed by atoms with Gasteiger partial charge in [0.1, 0.15) is 0 Å². The highest BCUT2D eigenvalue weighted by Crippen LogP contribution is 2.36. The Balaban J connectivity index is 1.86. The summed E-state index contributed by atoms with van der Waals surface area (Å²) in [5.74, 6) is 0.377. The standard InChI is InChI=1S/C21H22F3N5O2S/c22-21(23,24)11-16-5-6-17(18(19(16)32(25,30)31)20-27-12-28-29-20)15-3-1-13(2-4-15)14-7-9-26-10-8-14/h1-6,14,26H,7-12H2,(H2,25,30,31). The molecule has 2 aliphatic heterocycles. The summed E-state index contributed by atoms with van der Waals surface area (Å²) in [5.41, 5.74) is 1.68. The van der Waals surface area contributed by atoms with E-state index >= 15 is 0 Å². The zero-order valence-electron chi connectivity index (χ0n) is 17.1. The molecule has 0 unspecified atom stereocenters. The van der Waals surface area contributed by atoms with Crippen molar-refractivity contribution in [3.8, 4) is 11.1 Å². The minimum Gasteiger partial charge on any atom is -0.317 e. The number of alkyl halides is 3. The Bertz CT molecular complexity index is 1170. The Labute approximate surface area is 183 Å². The van der Waals surface area contributed by atoms with Crippen LogP contribution in [0.1, 0.15) is 35.4 Å². The third kappa shape index (κ3) is 4.89. The van der Waals surface area contributed by atoms with Crippen LogP contribution in [0, 0.1) is 0 Å². The summed E-state index contributed by atoms with van der Waals surface area (Å²) >= 11 is 0. The lowest BCUT2D eigenvalue weighted by Crippen LogP contribution is -2.26. The number of aliphatic imine (C=N–C) groups is 1. The number of nitrogens with one attached hydrogen (secondary N) is 1. The van der Waals surface area contributed by atoms with Crippen LogP contribution in [-0.4, -0.2) is 40.2 Å². The summed E-state index contributed by atoms with van der Waals surface area (Å²) in [6, 6.07) is 10.2. The highest BCUT2D eigenvalue weighted by atomic mass is 32.2. The number of halogens is 3. The Morgan fingerprint density at radius 3 is 2.31 bits per heavy atom. The van der Waals surface area contributed by atoms with Crippen LogP contribution >= 0.6 is 0 Å². The Kier molecular flexibility index (Phi) is 6.15. The Morgan fingerprint density at radius 2 is 1.75 bits per heavy atom. The molecule has 2 aromatic rings. The van der Waals surface area contributed by atoms with E-state index in [1.165, 1.54) is 6.07 Å². The lowest BCUT2D eigenvalue weighted by Gasteiger charge is -2.23. The van der Waals surface area contributed by atoms with Crippen LogP contribution in [0.4, 0.5) is 13.2 Å². The van der Waals surface area contributed by atoms with E-state index < -0.39 is 33.1 Å². The van der Waals surface area contributed by atoms with Gasteiger partial charge in [0, 0.05) is 5.56 Å². The minimum atomic E-state index is -4.62. The molecule has 2 heterocycles. The number of sulfonamides is 1. The van der Waals surface area contributed by atoms with E-state index in [-0.39, 0.29) is 18.1 Å². The molecule has 1 fully saturated rings. The summed E-state index contributed by atoms with van der Waals surface area (Å²) < 4.78 is 64.3. The first-order valence-electron chi connectivity index (χ1n) is 10.1. The van der Waals surface area contributed by atoms with Gasteiger partial charge >= 0.3 is 6.18 Å². The van der Waals surface area contributed by atoms with E-state index in [0.717, 1.165) is 37.6 Å². The van der Waals surface area contributed by atoms with Gasteiger partial charge in [0.05, 0.1) is 11.3 Å². The molecule has 0 atom stereocenters. The second-order valence-electron chi connectivity index (χ2n) is 7.82. The summed E-state index contributed by atoms with van der Waals surface area (Å²) in [5, 5.41) is 16.3. The van der Waals surface area contributed by atoms with Crippen molar-refractivity contribution in [3.05, 3.63) is 53.1 Å². The molecule has 1 saturated heterocycles. The van der Waals surface area contributed by atoms with Crippen molar-refractivity contribution >= 4 is 15.9 Å². The van der Waals surface area contributed by atoms with Crippen molar-refractivity contribution in [2.45, 2.75) is 36.3 Å². The number of nitrogens with zero attached hydrogens (tertiary/aromatic N) is 3. The fraction of sp³-hybridized carbons (Fsp3) is 0.381. The average molecular weight is 466 g/mol. The number of amidine groups is 1. The number of azo groups is 1. The van der Waals surface area contributed by atoms with Crippen LogP contribution in [0.15, 0.2) is 56.5 Å². The second kappa shape index (κ2) is 8.72. The monoisotopic (exact) mass is 465 g/mol. The predicted molar refractivity (Wildman–Crippen MR) is 114 cm³/mol. The van der Waals surface area contributed by atoms with Crippen molar-refractivity contribution in [3.63, 3.8) is 0 Å². The summed E-state index contributed by atoms with van der Waals surface area (Å²) in [7, 11) is -4.52. The van der Waals surface area contributed by atoms with E-state index in [1.54, 1.807) is 0 Å². The highest BCUT2D eigenvalue weighted by molar-refractivity contribution is 7.89. The Hall–Kier alpha value is -2.63. The van der Waals surface area contributed by atoms with E-state index in [4.69, 9.17) is 5.14 Å². The zero-order chi connectivity index (χ0) is 22.9. The number of hydrogen-bond donors (Lipinski definition) is 2. The van der Waals surface area contributed by atoms with Crippen LogP contribution < -0.4 is 10.5 Å². The van der Waals surface area contributed by atoms with Gasteiger partial charge in [-0.2, -0.15) is 18.3 Å². The van der Waals surface area contributed by atoms with Crippen LogP contribution in [0.5, 0.6) is 0 Å². The van der Waals surface area contributed by atoms with Crippen LogP contribution in [0.3, 0.4) is 0 Å². The lowest BCUT2D eigenvalue weighted by atomic mass is 9.88. The minimum absolute atomic E-state index is 0.0308. The van der Waals surface area contributed by atoms with Gasteiger partial charge in [-0.05, 0) is 54.1 Å². The summed E-state index contributed by atoms with van der Waals surface area (Å²) in [4.78, 5) is 3.45. The topological polar surface area (TPSA) is 109 Å². The van der Waals surface area contributed by atoms with Crippen molar-refractivity contribution in [1.82, 2.24) is 5.32 Å². The predicted octanol–water partition coefficient (Wildman–Crippen LogP) is 3.74. The molecule has 4 rings (SSSR count). The van der Waals surface area contributed by atoms with Gasteiger partial charge in [-0.1, -0.05) is 36.4 Å². The van der Waals surface area contributed by atoms with Crippen molar-refractivity contribution in [2.75, 3.05) is 19.8 Å². The van der Waals surface area contributed by atoms with Crippen molar-refractivity contribution in [2.24, 2.45) is 20.4 Å². The molecule has 7 nitrogen and oxygen atoms in total. The quantitative estimate of drug-likeness (QED) is 0.702. The van der Waals surface area contributed by atoms with Gasteiger partial charge in [-0.3, -0.25) is 0 Å². The molecule has 11 heteroatoms. The first-order valence-corrected chi connectivity index (χ1v) is 11.7. The molecule has 2 aliphatic rings. The number of nitrogens with two attached hydrogens (primary N) is 1. The molecule has 0 aliphatic carbocycles. The molecule has 0 radical (unpaired) electrons. The summed E-state index contributed by atoms with van der Waals surface area (Å²) in [6.07, 6.45) is -4.02. The molecule has 0 bridgehead atoms. The third-order valence-electron chi connectivity index (χ3n) is 5.62. The molecule has 32 heavy (non-hydrogen) atoms. The lowest BCUT2D eigenvalue weighted by molar-refractivity contribution is -0.127. The number of piperidine rings is 1. The van der Waals surface area contributed by atoms with Gasteiger partial charge in [-0.15, -0.1) is 5.11 Å². The van der Waals surface area contributed by atoms with Crippen molar-refractivity contribution in [1.29, 1.82) is 0 Å². The number of benzene rings is 2. The molecule has 0 spiro atoms. The fourth-order valence-electron chi connectivity index (χ4n) is 4.22. The van der Waals surface area contributed by atoms with E-state index in [1.807, 2.05) is 24.3 Å². The number of primary sulfonamides is 1. The maximum absolute atomic E-state index is 13.2. The molecule has 3 N–H and O–H groups in total. The van der Waals surface area contributed by atoms with E-state index in [0.29, 0.717) is 17.0 Å². The number of hydrogen-bond acceptors (Lipinski definition) is 6. The molecular weight excluding hydrogens is 443 g/mol. The number of rotatable bonds is 5. The van der Waals surface area contributed by atoms with Gasteiger partial charge in [0.2, 0.25) is 10.0 Å². The van der Waals surface area contributed by atoms with E-state index in [9.17, 15) is 21.6 Å². The maximum Gasteiger partial charge on any atom is 0.393 e. The largest absolute Gasteiger partial charge is 0.393 e. The fourth-order valence-corrected chi connectivity index (χ4v) is 5.21. The third-order valence-corrected chi connectivity index (χ3v) is 6.66. The molecule has 2 aromatic carbocycles.